The minimum absolute atomic E-state index is 0.0865. The molecule has 0 spiro atoms. The second-order valence-electron chi connectivity index (χ2n) is 3.46. The molecular weight excluding hydrogens is 252 g/mol. The summed E-state index contributed by atoms with van der Waals surface area (Å²) in [5, 5.41) is 5.31. The summed E-state index contributed by atoms with van der Waals surface area (Å²) in [5.41, 5.74) is 0. The van der Waals surface area contributed by atoms with Crippen molar-refractivity contribution in [2.24, 2.45) is 0 Å². The number of hydrogen-bond donors (Lipinski definition) is 2. The van der Waals surface area contributed by atoms with Gasteiger partial charge in [-0.1, -0.05) is 15.9 Å². The number of amides is 3. The number of rotatable bonds is 0. The molecule has 3 unspecified atom stereocenters. The molecule has 0 aromatic carbocycles. The molecule has 3 amide bonds. The van der Waals surface area contributed by atoms with Crippen molar-refractivity contribution in [1.29, 1.82) is 0 Å². The lowest BCUT2D eigenvalue weighted by atomic mass is 10.1. The molecule has 3 atom stereocenters. The van der Waals surface area contributed by atoms with E-state index in [4.69, 9.17) is 0 Å². The maximum Gasteiger partial charge on any atom is 0.325 e. The summed E-state index contributed by atoms with van der Waals surface area (Å²) in [4.78, 5) is 26.1. The van der Waals surface area contributed by atoms with Crippen LogP contribution >= 0.6 is 15.9 Å². The van der Waals surface area contributed by atoms with Crippen LogP contribution in [0.25, 0.3) is 0 Å². The Kier molecular flexibility index (Phi) is 2.24. The van der Waals surface area contributed by atoms with Crippen molar-refractivity contribution >= 4 is 27.9 Å². The summed E-state index contributed by atoms with van der Waals surface area (Å²) < 4.78 is 0. The molecule has 0 aliphatic carbocycles. The van der Waals surface area contributed by atoms with Gasteiger partial charge >= 0.3 is 6.03 Å². The molecule has 6 nitrogen and oxygen atoms in total. The van der Waals surface area contributed by atoms with Crippen LogP contribution in [-0.4, -0.2) is 53.1 Å². The average Bonchev–Trinajstić information content (AvgIpc) is 2.40. The number of urea groups is 1. The quantitative estimate of drug-likeness (QED) is 0.438. The Morgan fingerprint density at radius 1 is 1.36 bits per heavy atom. The van der Waals surface area contributed by atoms with Gasteiger partial charge in [-0.25, -0.2) is 4.79 Å². The van der Waals surface area contributed by atoms with E-state index in [-0.39, 0.29) is 29.2 Å². The van der Waals surface area contributed by atoms with E-state index in [0.717, 1.165) is 0 Å². The largest absolute Gasteiger partial charge is 0.325 e. The van der Waals surface area contributed by atoms with E-state index in [2.05, 4.69) is 26.6 Å². The third kappa shape index (κ3) is 1.23. The standard InChI is InChI=1S/C7H11BrN4O2/c1-11-3-4(9-6(11)8)12(2)7(14)10-5(3)13/h3-4,6,9H,1-2H3,(H,10,13,14). The SMILES string of the molecule is CN1C(=O)NC(=O)C2C1NC(Br)N2C. The highest BCUT2D eigenvalue weighted by atomic mass is 79.9. The highest BCUT2D eigenvalue weighted by Crippen LogP contribution is 2.23. The van der Waals surface area contributed by atoms with Crippen molar-refractivity contribution < 1.29 is 9.59 Å². The second kappa shape index (κ2) is 3.18. The summed E-state index contributed by atoms with van der Waals surface area (Å²) in [5.74, 6) is -0.255. The van der Waals surface area contributed by atoms with Crippen LogP contribution in [0.2, 0.25) is 0 Å². The topological polar surface area (TPSA) is 64.7 Å². The molecule has 0 radical (unpaired) electrons. The smallest absolute Gasteiger partial charge is 0.310 e. The van der Waals surface area contributed by atoms with Crippen molar-refractivity contribution in [3.05, 3.63) is 0 Å². The summed E-state index contributed by atoms with van der Waals surface area (Å²) in [6.45, 7) is 0. The summed E-state index contributed by atoms with van der Waals surface area (Å²) in [7, 11) is 3.48. The zero-order chi connectivity index (χ0) is 10.5. The van der Waals surface area contributed by atoms with Crippen LogP contribution in [0.1, 0.15) is 0 Å². The van der Waals surface area contributed by atoms with Crippen molar-refractivity contribution in [2.75, 3.05) is 14.1 Å². The molecule has 0 bridgehead atoms. The number of halogens is 1. The van der Waals surface area contributed by atoms with Crippen LogP contribution in [0.15, 0.2) is 0 Å². The van der Waals surface area contributed by atoms with Gasteiger partial charge in [0, 0.05) is 7.05 Å². The van der Waals surface area contributed by atoms with Crippen LogP contribution in [0.3, 0.4) is 0 Å². The second-order valence-corrected chi connectivity index (χ2v) is 4.33. The van der Waals surface area contributed by atoms with Gasteiger partial charge in [0.05, 0.1) is 0 Å². The number of hydrogen-bond acceptors (Lipinski definition) is 4. The van der Waals surface area contributed by atoms with Crippen LogP contribution < -0.4 is 10.6 Å². The normalized spacial score (nSPS) is 38.5. The molecule has 2 N–H and O–H groups in total. The molecule has 2 fully saturated rings. The van der Waals surface area contributed by atoms with E-state index >= 15 is 0 Å². The van der Waals surface area contributed by atoms with Gasteiger partial charge in [0.15, 0.2) is 0 Å². The first-order chi connectivity index (χ1) is 6.52. The molecule has 2 heterocycles. The van der Waals surface area contributed by atoms with E-state index in [1.165, 1.54) is 4.90 Å². The first kappa shape index (κ1) is 9.88. The Morgan fingerprint density at radius 3 is 2.64 bits per heavy atom. The fourth-order valence-corrected chi connectivity index (χ4v) is 2.28. The molecule has 0 saturated carbocycles. The summed E-state index contributed by atoms with van der Waals surface area (Å²) >= 11 is 3.37. The maximum atomic E-state index is 11.5. The molecule has 2 aliphatic heterocycles. The van der Waals surface area contributed by atoms with Crippen molar-refractivity contribution in [1.82, 2.24) is 20.4 Å². The van der Waals surface area contributed by atoms with E-state index in [9.17, 15) is 9.59 Å². The first-order valence-corrected chi connectivity index (χ1v) is 5.13. The van der Waals surface area contributed by atoms with E-state index < -0.39 is 0 Å². The number of carbonyl (C=O) groups excluding carboxylic acids is 2. The minimum atomic E-state index is -0.362. The zero-order valence-electron chi connectivity index (χ0n) is 7.82. The maximum absolute atomic E-state index is 11.5. The number of likely N-dealkylation sites (N-methyl/N-ethyl adjacent to an activating group) is 2. The molecule has 14 heavy (non-hydrogen) atoms. The van der Waals surface area contributed by atoms with Crippen molar-refractivity contribution in [3.63, 3.8) is 0 Å². The molecule has 0 aromatic rings. The number of alkyl halides is 1. The van der Waals surface area contributed by atoms with Crippen LogP contribution in [0, 0.1) is 0 Å². The fourth-order valence-electron chi connectivity index (χ4n) is 1.76. The molecule has 2 saturated heterocycles. The van der Waals surface area contributed by atoms with E-state index in [1.54, 1.807) is 7.05 Å². The lowest BCUT2D eigenvalue weighted by molar-refractivity contribution is -0.127. The highest BCUT2D eigenvalue weighted by Gasteiger charge is 2.48. The molecule has 2 aliphatic rings. The number of nitrogens with zero attached hydrogens (tertiary/aromatic N) is 2. The van der Waals surface area contributed by atoms with Gasteiger partial charge < -0.3 is 4.90 Å². The number of imide groups is 1. The van der Waals surface area contributed by atoms with Crippen molar-refractivity contribution in [3.8, 4) is 0 Å². The van der Waals surface area contributed by atoms with Gasteiger partial charge in [0.1, 0.15) is 17.3 Å². The molecule has 7 heteroatoms. The van der Waals surface area contributed by atoms with Gasteiger partial charge in [-0.3, -0.25) is 20.3 Å². The average molecular weight is 263 g/mol. The summed E-state index contributed by atoms with van der Waals surface area (Å²) in [6.07, 6.45) is -0.259. The third-order valence-corrected chi connectivity index (χ3v) is 3.55. The molecule has 2 rings (SSSR count). The van der Waals surface area contributed by atoms with Gasteiger partial charge in [-0.15, -0.1) is 0 Å². The van der Waals surface area contributed by atoms with Crippen LogP contribution in [0.5, 0.6) is 0 Å². The zero-order valence-corrected chi connectivity index (χ0v) is 9.41. The van der Waals surface area contributed by atoms with Crippen LogP contribution in [0.4, 0.5) is 4.79 Å². The lowest BCUT2D eigenvalue weighted by Gasteiger charge is -2.34. The van der Waals surface area contributed by atoms with Crippen molar-refractivity contribution in [2.45, 2.75) is 17.3 Å². The Bertz CT molecular complexity index is 297. The Balaban J connectivity index is 2.28. The molecule has 0 aromatic heterocycles. The fraction of sp³-hybridized carbons (Fsp3) is 0.714. The predicted octanol–water partition coefficient (Wildman–Crippen LogP) is -0.924. The van der Waals surface area contributed by atoms with E-state index in [0.29, 0.717) is 0 Å². The predicted molar refractivity (Wildman–Crippen MR) is 52.5 cm³/mol. The number of nitrogens with one attached hydrogen (secondary N) is 2. The third-order valence-electron chi connectivity index (χ3n) is 2.64. The molecular formula is C7H11BrN4O2. The molecule has 78 valence electrons. The summed E-state index contributed by atoms with van der Waals surface area (Å²) in [6, 6.07) is -0.694. The van der Waals surface area contributed by atoms with Gasteiger partial charge in [-0.2, -0.15) is 0 Å². The first-order valence-electron chi connectivity index (χ1n) is 4.22. The van der Waals surface area contributed by atoms with Gasteiger partial charge in [0.25, 0.3) is 0 Å². The Labute approximate surface area is 89.7 Å². The Hall–Kier alpha value is -0.660. The number of fused-ring (bicyclic) bond motifs is 1. The lowest BCUT2D eigenvalue weighted by Crippen LogP contribution is -2.64. The number of carbonyl (C=O) groups is 2. The van der Waals surface area contributed by atoms with E-state index in [1.807, 2.05) is 11.9 Å². The Morgan fingerprint density at radius 2 is 2.00 bits per heavy atom. The van der Waals surface area contributed by atoms with Gasteiger partial charge in [-0.05, 0) is 7.05 Å². The highest BCUT2D eigenvalue weighted by molar-refractivity contribution is 9.09. The van der Waals surface area contributed by atoms with Gasteiger partial charge in [0.2, 0.25) is 5.91 Å². The van der Waals surface area contributed by atoms with Crippen LogP contribution in [-0.2, 0) is 4.79 Å². The monoisotopic (exact) mass is 262 g/mol. The minimum Gasteiger partial charge on any atom is -0.310 e.